The van der Waals surface area contributed by atoms with E-state index in [0.29, 0.717) is 0 Å². The van der Waals surface area contributed by atoms with Gasteiger partial charge in [0.25, 0.3) is 0 Å². The maximum Gasteiger partial charge on any atom is 0.0538 e. The van der Waals surface area contributed by atoms with Crippen molar-refractivity contribution >= 4 is 38.8 Å². The smallest absolute Gasteiger partial charge is 0.0538 e. The van der Waals surface area contributed by atoms with Gasteiger partial charge in [-0.3, -0.25) is 0 Å². The van der Waals surface area contributed by atoms with Gasteiger partial charge in [0.15, 0.2) is 0 Å². The molecule has 32 heavy (non-hydrogen) atoms. The van der Waals surface area contributed by atoms with Crippen LogP contribution in [0.2, 0.25) is 0 Å². The summed E-state index contributed by atoms with van der Waals surface area (Å²) in [4.78, 5) is 3.54. The zero-order chi connectivity index (χ0) is 21.1. The van der Waals surface area contributed by atoms with Crippen molar-refractivity contribution in [1.82, 2.24) is 9.55 Å². The second-order valence-electron chi connectivity index (χ2n) is 8.64. The minimum absolute atomic E-state index is 1.09. The molecule has 0 atom stereocenters. The van der Waals surface area contributed by atoms with Crippen molar-refractivity contribution in [2.24, 2.45) is 0 Å². The Labute approximate surface area is 186 Å². The molecular formula is C30H22N2. The lowest BCUT2D eigenvalue weighted by Crippen LogP contribution is -1.99. The SMILES string of the molecule is C1=Cc2c(c3cc(-c4ccc5[nH]c6ccccc6c5c4)ccc3n2-c2ccccc2)CC1. The molecular weight excluding hydrogens is 388 g/mol. The van der Waals surface area contributed by atoms with E-state index in [9.17, 15) is 0 Å². The number of rotatable bonds is 2. The van der Waals surface area contributed by atoms with Crippen molar-refractivity contribution in [2.75, 3.05) is 0 Å². The Bertz CT molecular complexity index is 1660. The summed E-state index contributed by atoms with van der Waals surface area (Å²) in [6, 6.07) is 33.0. The van der Waals surface area contributed by atoms with Crippen LogP contribution in [0, 0.1) is 0 Å². The zero-order valence-electron chi connectivity index (χ0n) is 17.7. The molecule has 152 valence electrons. The van der Waals surface area contributed by atoms with E-state index in [-0.39, 0.29) is 0 Å². The topological polar surface area (TPSA) is 20.7 Å². The first-order chi connectivity index (χ1) is 15.9. The number of aromatic amines is 1. The highest BCUT2D eigenvalue weighted by molar-refractivity contribution is 6.08. The lowest BCUT2D eigenvalue weighted by atomic mass is 9.97. The van der Waals surface area contributed by atoms with Crippen LogP contribution in [0.5, 0.6) is 0 Å². The second-order valence-corrected chi connectivity index (χ2v) is 8.64. The summed E-state index contributed by atoms with van der Waals surface area (Å²) in [7, 11) is 0. The number of nitrogens with zero attached hydrogens (tertiary/aromatic N) is 1. The molecule has 2 heterocycles. The van der Waals surface area contributed by atoms with Crippen LogP contribution in [0.25, 0.3) is 55.6 Å². The van der Waals surface area contributed by atoms with Crippen LogP contribution >= 0.6 is 0 Å². The van der Waals surface area contributed by atoms with Gasteiger partial charge in [-0.05, 0) is 78.1 Å². The summed E-state index contributed by atoms with van der Waals surface area (Å²) in [5.74, 6) is 0. The van der Waals surface area contributed by atoms with Gasteiger partial charge in [0.2, 0.25) is 0 Å². The number of allylic oxidation sites excluding steroid dienone is 1. The van der Waals surface area contributed by atoms with Crippen molar-refractivity contribution in [3.05, 3.63) is 108 Å². The molecule has 0 fully saturated rings. The normalized spacial score (nSPS) is 13.2. The van der Waals surface area contributed by atoms with Crippen LogP contribution < -0.4 is 0 Å². The Morgan fingerprint density at radius 1 is 0.656 bits per heavy atom. The molecule has 0 aliphatic heterocycles. The molecule has 2 heteroatoms. The lowest BCUT2D eigenvalue weighted by molar-refractivity contribution is 0.967. The van der Waals surface area contributed by atoms with Crippen LogP contribution in [-0.4, -0.2) is 9.55 Å². The summed E-state index contributed by atoms with van der Waals surface area (Å²) in [6.07, 6.45) is 6.79. The van der Waals surface area contributed by atoms with Gasteiger partial charge in [-0.1, -0.05) is 54.6 Å². The molecule has 0 spiro atoms. The largest absolute Gasteiger partial charge is 0.355 e. The fourth-order valence-electron chi connectivity index (χ4n) is 5.30. The highest BCUT2D eigenvalue weighted by Gasteiger charge is 2.19. The third-order valence-electron chi connectivity index (χ3n) is 6.80. The number of aromatic nitrogens is 2. The summed E-state index contributed by atoms with van der Waals surface area (Å²) in [5.41, 5.74) is 10.2. The fourth-order valence-corrected chi connectivity index (χ4v) is 5.30. The summed E-state index contributed by atoms with van der Waals surface area (Å²) in [5, 5.41) is 3.93. The van der Waals surface area contributed by atoms with E-state index in [2.05, 4.69) is 113 Å². The Kier molecular flexibility index (Phi) is 3.71. The molecule has 2 nitrogen and oxygen atoms in total. The lowest BCUT2D eigenvalue weighted by Gasteiger charge is -2.11. The molecule has 1 N–H and O–H groups in total. The Hall–Kier alpha value is -4.04. The molecule has 2 aromatic heterocycles. The van der Waals surface area contributed by atoms with Crippen LogP contribution in [0.1, 0.15) is 17.7 Å². The maximum absolute atomic E-state index is 3.54. The minimum Gasteiger partial charge on any atom is -0.355 e. The second kappa shape index (κ2) is 6.73. The van der Waals surface area contributed by atoms with Crippen LogP contribution in [0.3, 0.4) is 0 Å². The van der Waals surface area contributed by atoms with Crippen molar-refractivity contribution in [3.63, 3.8) is 0 Å². The van der Waals surface area contributed by atoms with E-state index >= 15 is 0 Å². The molecule has 0 amide bonds. The highest BCUT2D eigenvalue weighted by atomic mass is 15.0. The fraction of sp³-hybridized carbons (Fsp3) is 0.0667. The van der Waals surface area contributed by atoms with Crippen molar-refractivity contribution in [1.29, 1.82) is 0 Å². The Morgan fingerprint density at radius 3 is 2.31 bits per heavy atom. The van der Waals surface area contributed by atoms with Gasteiger partial charge >= 0.3 is 0 Å². The first kappa shape index (κ1) is 17.6. The number of fused-ring (bicyclic) bond motifs is 6. The molecule has 0 saturated carbocycles. The number of nitrogens with one attached hydrogen (secondary N) is 1. The molecule has 0 unspecified atom stereocenters. The molecule has 0 radical (unpaired) electrons. The van der Waals surface area contributed by atoms with Crippen molar-refractivity contribution < 1.29 is 0 Å². The van der Waals surface area contributed by atoms with Crippen LogP contribution in [0.4, 0.5) is 0 Å². The third kappa shape index (κ3) is 2.53. The number of para-hydroxylation sites is 2. The quantitative estimate of drug-likeness (QED) is 0.300. The first-order valence-electron chi connectivity index (χ1n) is 11.3. The van der Waals surface area contributed by atoms with Crippen LogP contribution in [0.15, 0.2) is 97.1 Å². The Balaban J connectivity index is 1.46. The number of aryl methyl sites for hydroxylation is 1. The van der Waals surface area contributed by atoms with Crippen molar-refractivity contribution in [3.8, 4) is 16.8 Å². The van der Waals surface area contributed by atoms with E-state index in [0.717, 1.165) is 12.8 Å². The standard InChI is InChI=1S/C30H22N2/c1-2-8-22(9-3-1)32-29-13-7-5-11-24(29)26-19-21(15-17-30(26)32)20-14-16-28-25(18-20)23-10-4-6-12-27(23)31-28/h1-4,6-10,12-19,31H,5,11H2. The average Bonchev–Trinajstić information content (AvgIpc) is 3.39. The van der Waals surface area contributed by atoms with Gasteiger partial charge in [-0.25, -0.2) is 0 Å². The predicted octanol–water partition coefficient (Wildman–Crippen LogP) is 7.89. The molecule has 6 aromatic rings. The summed E-state index contributed by atoms with van der Waals surface area (Å²) < 4.78 is 2.41. The predicted molar refractivity (Wildman–Crippen MR) is 135 cm³/mol. The van der Waals surface area contributed by atoms with Gasteiger partial charge in [-0.15, -0.1) is 0 Å². The number of hydrogen-bond acceptors (Lipinski definition) is 0. The van der Waals surface area contributed by atoms with E-state index in [1.807, 2.05) is 0 Å². The average molecular weight is 411 g/mol. The van der Waals surface area contributed by atoms with Crippen LogP contribution in [-0.2, 0) is 6.42 Å². The molecule has 0 bridgehead atoms. The number of benzene rings is 4. The van der Waals surface area contributed by atoms with E-state index < -0.39 is 0 Å². The van der Waals surface area contributed by atoms with Crippen molar-refractivity contribution in [2.45, 2.75) is 12.8 Å². The monoisotopic (exact) mass is 410 g/mol. The third-order valence-corrected chi connectivity index (χ3v) is 6.80. The van der Waals surface area contributed by atoms with Gasteiger partial charge < -0.3 is 9.55 Å². The molecule has 0 saturated heterocycles. The zero-order valence-corrected chi connectivity index (χ0v) is 17.7. The maximum atomic E-state index is 3.54. The molecule has 1 aliphatic rings. The van der Waals surface area contributed by atoms with Gasteiger partial charge in [-0.2, -0.15) is 0 Å². The van der Waals surface area contributed by atoms with Gasteiger partial charge in [0, 0.05) is 38.6 Å². The Morgan fingerprint density at radius 2 is 1.41 bits per heavy atom. The van der Waals surface area contributed by atoms with E-state index in [4.69, 9.17) is 0 Å². The van der Waals surface area contributed by atoms with Gasteiger partial charge in [0.1, 0.15) is 0 Å². The number of H-pyrrole nitrogens is 1. The highest BCUT2D eigenvalue weighted by Crippen LogP contribution is 2.37. The summed E-state index contributed by atoms with van der Waals surface area (Å²) >= 11 is 0. The minimum atomic E-state index is 1.09. The first-order valence-corrected chi connectivity index (χ1v) is 11.3. The van der Waals surface area contributed by atoms with E-state index in [1.165, 1.54) is 60.8 Å². The van der Waals surface area contributed by atoms with Gasteiger partial charge in [0.05, 0.1) is 5.52 Å². The molecule has 7 rings (SSSR count). The van der Waals surface area contributed by atoms with E-state index in [1.54, 1.807) is 0 Å². The number of hydrogen-bond donors (Lipinski definition) is 1. The molecule has 4 aromatic carbocycles. The molecule has 1 aliphatic carbocycles. The summed E-state index contributed by atoms with van der Waals surface area (Å²) in [6.45, 7) is 0.